The van der Waals surface area contributed by atoms with E-state index in [-0.39, 0.29) is 23.9 Å². The van der Waals surface area contributed by atoms with Crippen LogP contribution in [0.2, 0.25) is 0 Å². The molecule has 1 fully saturated rings. The molecule has 2 N–H and O–H groups in total. The number of carbonyl (C=O) groups is 1. The number of hydrogen-bond donors (Lipinski definition) is 1. The summed E-state index contributed by atoms with van der Waals surface area (Å²) in [5, 5.41) is 0. The second kappa shape index (κ2) is 6.40. The smallest absolute Gasteiger partial charge is 0.240 e. The molecule has 2 unspecified atom stereocenters. The Morgan fingerprint density at radius 2 is 2.15 bits per heavy atom. The lowest BCUT2D eigenvalue weighted by Crippen LogP contribution is -2.46. The summed E-state index contributed by atoms with van der Waals surface area (Å²) >= 11 is 0. The Hall–Kier alpha value is -1.35. The fourth-order valence-electron chi connectivity index (χ4n) is 3.00. The molecule has 2 rings (SSSR count). The summed E-state index contributed by atoms with van der Waals surface area (Å²) in [6.45, 7) is 7.09. The molecule has 0 aromatic heterocycles. The third kappa shape index (κ3) is 2.88. The molecule has 3 heteroatoms. The van der Waals surface area contributed by atoms with E-state index in [1.807, 2.05) is 11.0 Å². The first-order valence-electron chi connectivity index (χ1n) is 7.67. The summed E-state index contributed by atoms with van der Waals surface area (Å²) in [4.78, 5) is 14.6. The molecule has 3 atom stereocenters. The van der Waals surface area contributed by atoms with E-state index in [1.165, 1.54) is 11.1 Å². The van der Waals surface area contributed by atoms with E-state index in [1.54, 1.807) is 0 Å². The van der Waals surface area contributed by atoms with E-state index in [2.05, 4.69) is 39.0 Å². The highest BCUT2D eigenvalue weighted by molar-refractivity contribution is 5.82. The summed E-state index contributed by atoms with van der Waals surface area (Å²) in [5.74, 6) is 0.353. The highest BCUT2D eigenvalue weighted by Crippen LogP contribution is 2.34. The van der Waals surface area contributed by atoms with Gasteiger partial charge in [-0.3, -0.25) is 4.79 Å². The predicted octanol–water partition coefficient (Wildman–Crippen LogP) is 3.03. The number of hydrogen-bond acceptors (Lipinski definition) is 2. The summed E-state index contributed by atoms with van der Waals surface area (Å²) in [6.07, 6.45) is 3.05. The van der Waals surface area contributed by atoms with Gasteiger partial charge in [-0.05, 0) is 36.8 Å². The number of nitrogens with zero attached hydrogens (tertiary/aromatic N) is 1. The van der Waals surface area contributed by atoms with Crippen LogP contribution in [0.5, 0.6) is 0 Å². The van der Waals surface area contributed by atoms with Gasteiger partial charge >= 0.3 is 0 Å². The third-order valence-electron chi connectivity index (χ3n) is 4.63. The SMILES string of the molecule is CCC(C)[C@H](N)C(=O)N1CCCC1c1ccccc1C. The zero-order valence-corrected chi connectivity index (χ0v) is 12.8. The first kappa shape index (κ1) is 15.0. The number of aryl methyl sites for hydroxylation is 1. The molecule has 0 bridgehead atoms. The van der Waals surface area contributed by atoms with Crippen molar-refractivity contribution in [2.45, 2.75) is 52.1 Å². The highest BCUT2D eigenvalue weighted by Gasteiger charge is 2.34. The predicted molar refractivity (Wildman–Crippen MR) is 82.3 cm³/mol. The standard InChI is InChI=1S/C17H26N2O/c1-4-12(2)16(18)17(20)19-11-7-10-15(19)14-9-6-5-8-13(14)3/h5-6,8-9,12,15-16H,4,7,10-11,18H2,1-3H3/t12?,15?,16-/m0/s1. The minimum Gasteiger partial charge on any atom is -0.334 e. The van der Waals surface area contributed by atoms with Gasteiger partial charge in [0.15, 0.2) is 0 Å². The van der Waals surface area contributed by atoms with Gasteiger partial charge in [-0.25, -0.2) is 0 Å². The lowest BCUT2D eigenvalue weighted by molar-refractivity contribution is -0.134. The van der Waals surface area contributed by atoms with Crippen LogP contribution in [0, 0.1) is 12.8 Å². The molecule has 0 radical (unpaired) electrons. The van der Waals surface area contributed by atoms with Crippen molar-refractivity contribution in [3.63, 3.8) is 0 Å². The monoisotopic (exact) mass is 274 g/mol. The van der Waals surface area contributed by atoms with Gasteiger partial charge in [0.2, 0.25) is 5.91 Å². The molecular formula is C17H26N2O. The first-order chi connectivity index (χ1) is 9.56. The Morgan fingerprint density at radius 3 is 2.80 bits per heavy atom. The van der Waals surface area contributed by atoms with Crippen LogP contribution in [-0.2, 0) is 4.79 Å². The van der Waals surface area contributed by atoms with Gasteiger partial charge in [0.05, 0.1) is 12.1 Å². The Kier molecular flexibility index (Phi) is 4.81. The van der Waals surface area contributed by atoms with Crippen LogP contribution in [0.4, 0.5) is 0 Å². The molecule has 1 aliphatic rings. The molecule has 1 heterocycles. The van der Waals surface area contributed by atoms with Crippen LogP contribution in [0.15, 0.2) is 24.3 Å². The molecule has 1 amide bonds. The van der Waals surface area contributed by atoms with Gasteiger partial charge in [0.1, 0.15) is 0 Å². The number of amides is 1. The Balaban J connectivity index is 2.19. The molecule has 1 saturated heterocycles. The van der Waals surface area contributed by atoms with Gasteiger partial charge in [0.25, 0.3) is 0 Å². The van der Waals surface area contributed by atoms with Crippen LogP contribution in [0.25, 0.3) is 0 Å². The van der Waals surface area contributed by atoms with Gasteiger partial charge in [-0.15, -0.1) is 0 Å². The van der Waals surface area contributed by atoms with Gasteiger partial charge in [-0.2, -0.15) is 0 Å². The van der Waals surface area contributed by atoms with Crippen molar-refractivity contribution in [3.05, 3.63) is 35.4 Å². The normalized spacial score (nSPS) is 21.8. The number of likely N-dealkylation sites (tertiary alicyclic amines) is 1. The van der Waals surface area contributed by atoms with E-state index < -0.39 is 0 Å². The quantitative estimate of drug-likeness (QED) is 0.917. The van der Waals surface area contributed by atoms with Crippen molar-refractivity contribution < 1.29 is 4.79 Å². The summed E-state index contributed by atoms with van der Waals surface area (Å²) in [6, 6.07) is 8.19. The number of carbonyl (C=O) groups excluding carboxylic acids is 1. The fourth-order valence-corrected chi connectivity index (χ4v) is 3.00. The van der Waals surface area contributed by atoms with Gasteiger partial charge in [-0.1, -0.05) is 44.5 Å². The molecule has 0 saturated carbocycles. The summed E-state index contributed by atoms with van der Waals surface area (Å²) in [5.41, 5.74) is 8.67. The zero-order valence-electron chi connectivity index (χ0n) is 12.8. The van der Waals surface area contributed by atoms with E-state index in [0.29, 0.717) is 0 Å². The maximum absolute atomic E-state index is 12.6. The van der Waals surface area contributed by atoms with E-state index >= 15 is 0 Å². The Bertz CT molecular complexity index is 472. The van der Waals surface area contributed by atoms with Crippen LogP contribution in [0.3, 0.4) is 0 Å². The zero-order chi connectivity index (χ0) is 14.7. The number of benzene rings is 1. The molecule has 1 aromatic carbocycles. The first-order valence-corrected chi connectivity index (χ1v) is 7.67. The van der Waals surface area contributed by atoms with Crippen molar-refractivity contribution in [3.8, 4) is 0 Å². The summed E-state index contributed by atoms with van der Waals surface area (Å²) in [7, 11) is 0. The van der Waals surface area contributed by atoms with Crippen LogP contribution in [-0.4, -0.2) is 23.4 Å². The number of rotatable bonds is 4. The van der Waals surface area contributed by atoms with Crippen molar-refractivity contribution in [1.82, 2.24) is 4.90 Å². The average Bonchev–Trinajstić information content (AvgIpc) is 2.94. The van der Waals surface area contributed by atoms with Crippen LogP contribution in [0.1, 0.15) is 50.3 Å². The lowest BCUT2D eigenvalue weighted by atomic mass is 9.96. The van der Waals surface area contributed by atoms with Gasteiger partial charge in [0, 0.05) is 6.54 Å². The molecule has 3 nitrogen and oxygen atoms in total. The van der Waals surface area contributed by atoms with Crippen LogP contribution >= 0.6 is 0 Å². The molecule has 20 heavy (non-hydrogen) atoms. The van der Waals surface area contributed by atoms with Crippen molar-refractivity contribution in [1.29, 1.82) is 0 Å². The third-order valence-corrected chi connectivity index (χ3v) is 4.63. The van der Waals surface area contributed by atoms with E-state index in [4.69, 9.17) is 5.73 Å². The second-order valence-corrected chi connectivity index (χ2v) is 5.96. The van der Waals surface area contributed by atoms with Crippen molar-refractivity contribution in [2.75, 3.05) is 6.54 Å². The highest BCUT2D eigenvalue weighted by atomic mass is 16.2. The molecule has 1 aliphatic heterocycles. The van der Waals surface area contributed by atoms with E-state index in [0.717, 1.165) is 25.8 Å². The second-order valence-electron chi connectivity index (χ2n) is 5.96. The summed E-state index contributed by atoms with van der Waals surface area (Å²) < 4.78 is 0. The largest absolute Gasteiger partial charge is 0.334 e. The topological polar surface area (TPSA) is 46.3 Å². The number of nitrogens with two attached hydrogens (primary N) is 1. The Morgan fingerprint density at radius 1 is 1.45 bits per heavy atom. The molecule has 110 valence electrons. The molecule has 0 aliphatic carbocycles. The molecular weight excluding hydrogens is 248 g/mol. The maximum atomic E-state index is 12.6. The minimum atomic E-state index is -0.371. The van der Waals surface area contributed by atoms with Gasteiger partial charge < -0.3 is 10.6 Å². The van der Waals surface area contributed by atoms with Crippen molar-refractivity contribution >= 4 is 5.91 Å². The Labute approximate surface area is 122 Å². The average molecular weight is 274 g/mol. The van der Waals surface area contributed by atoms with E-state index in [9.17, 15) is 4.79 Å². The molecule has 0 spiro atoms. The minimum absolute atomic E-state index is 0.116. The lowest BCUT2D eigenvalue weighted by Gasteiger charge is -2.30. The fraction of sp³-hybridized carbons (Fsp3) is 0.588. The maximum Gasteiger partial charge on any atom is 0.240 e. The molecule has 1 aromatic rings. The van der Waals surface area contributed by atoms with Crippen molar-refractivity contribution in [2.24, 2.45) is 11.7 Å². The van der Waals surface area contributed by atoms with Crippen LogP contribution < -0.4 is 5.73 Å².